The fraction of sp³-hybridized carbons (Fsp3) is 0.667. The van der Waals surface area contributed by atoms with Crippen LogP contribution < -0.4 is 4.90 Å². The van der Waals surface area contributed by atoms with Crippen molar-refractivity contribution in [3.8, 4) is 0 Å². The summed E-state index contributed by atoms with van der Waals surface area (Å²) < 4.78 is 0. The van der Waals surface area contributed by atoms with E-state index in [1.54, 1.807) is 0 Å². The zero-order valence-corrected chi connectivity index (χ0v) is 11.9. The highest BCUT2D eigenvalue weighted by Gasteiger charge is 2.19. The standard InChI is InChI=1S/C15H25N3/c1-4-18-9-7-14(8-10-18)12-17(3)15-6-5-13(2)11-16-15/h5-6,11,14H,4,7-10,12H2,1-3H3. The molecule has 0 radical (unpaired) electrons. The van der Waals surface area contributed by atoms with Crippen molar-refractivity contribution in [2.24, 2.45) is 5.92 Å². The van der Waals surface area contributed by atoms with E-state index >= 15 is 0 Å². The molecular weight excluding hydrogens is 222 g/mol. The number of hydrogen-bond acceptors (Lipinski definition) is 3. The lowest BCUT2D eigenvalue weighted by atomic mass is 9.96. The normalized spacial score (nSPS) is 17.9. The summed E-state index contributed by atoms with van der Waals surface area (Å²) in [5, 5.41) is 0. The van der Waals surface area contributed by atoms with Crippen LogP contribution in [0.1, 0.15) is 25.3 Å². The fourth-order valence-electron chi connectivity index (χ4n) is 2.65. The van der Waals surface area contributed by atoms with Gasteiger partial charge in [-0.05, 0) is 56.9 Å². The average Bonchev–Trinajstić information content (AvgIpc) is 2.40. The Balaban J connectivity index is 1.84. The minimum absolute atomic E-state index is 0.820. The van der Waals surface area contributed by atoms with Gasteiger partial charge >= 0.3 is 0 Å². The summed E-state index contributed by atoms with van der Waals surface area (Å²) in [6, 6.07) is 4.26. The van der Waals surface area contributed by atoms with E-state index in [1.165, 1.54) is 38.0 Å². The zero-order chi connectivity index (χ0) is 13.0. The van der Waals surface area contributed by atoms with E-state index in [4.69, 9.17) is 0 Å². The molecule has 0 spiro atoms. The Morgan fingerprint density at radius 3 is 2.61 bits per heavy atom. The van der Waals surface area contributed by atoms with Gasteiger partial charge < -0.3 is 9.80 Å². The van der Waals surface area contributed by atoms with E-state index in [9.17, 15) is 0 Å². The van der Waals surface area contributed by atoms with Crippen LogP contribution in [0.4, 0.5) is 5.82 Å². The van der Waals surface area contributed by atoms with Gasteiger partial charge in [-0.1, -0.05) is 13.0 Å². The predicted molar refractivity (Wildman–Crippen MR) is 77.1 cm³/mol. The van der Waals surface area contributed by atoms with E-state index < -0.39 is 0 Å². The summed E-state index contributed by atoms with van der Waals surface area (Å²) >= 11 is 0. The molecule has 1 aliphatic rings. The zero-order valence-electron chi connectivity index (χ0n) is 11.9. The molecule has 1 fully saturated rings. The summed E-state index contributed by atoms with van der Waals surface area (Å²) in [7, 11) is 2.16. The number of aryl methyl sites for hydroxylation is 1. The van der Waals surface area contributed by atoms with E-state index in [2.05, 4.69) is 47.8 Å². The number of hydrogen-bond donors (Lipinski definition) is 0. The van der Waals surface area contributed by atoms with E-state index in [-0.39, 0.29) is 0 Å². The van der Waals surface area contributed by atoms with Gasteiger partial charge in [-0.15, -0.1) is 0 Å². The topological polar surface area (TPSA) is 19.4 Å². The van der Waals surface area contributed by atoms with Gasteiger partial charge in [-0.25, -0.2) is 4.98 Å². The van der Waals surface area contributed by atoms with Gasteiger partial charge in [-0.2, -0.15) is 0 Å². The van der Waals surface area contributed by atoms with Crippen LogP contribution in [-0.4, -0.2) is 43.1 Å². The highest BCUT2D eigenvalue weighted by molar-refractivity contribution is 5.38. The van der Waals surface area contributed by atoms with Crippen molar-refractivity contribution in [2.75, 3.05) is 38.1 Å². The first-order chi connectivity index (χ1) is 8.69. The minimum atomic E-state index is 0.820. The van der Waals surface area contributed by atoms with Gasteiger partial charge in [-0.3, -0.25) is 0 Å². The van der Waals surface area contributed by atoms with Crippen molar-refractivity contribution in [2.45, 2.75) is 26.7 Å². The predicted octanol–water partition coefficient (Wildman–Crippen LogP) is 2.56. The van der Waals surface area contributed by atoms with Crippen LogP contribution in [0.5, 0.6) is 0 Å². The molecule has 1 aliphatic heterocycles. The molecule has 0 saturated carbocycles. The highest BCUT2D eigenvalue weighted by atomic mass is 15.2. The summed E-state index contributed by atoms with van der Waals surface area (Å²) in [6.07, 6.45) is 4.60. The summed E-state index contributed by atoms with van der Waals surface area (Å²) in [6.45, 7) is 9.18. The Morgan fingerprint density at radius 1 is 1.33 bits per heavy atom. The second kappa shape index (κ2) is 6.19. The molecule has 100 valence electrons. The first kappa shape index (κ1) is 13.3. The van der Waals surface area contributed by atoms with Crippen LogP contribution in [-0.2, 0) is 0 Å². The van der Waals surface area contributed by atoms with Gasteiger partial charge in [0.2, 0.25) is 0 Å². The lowest BCUT2D eigenvalue weighted by Gasteiger charge is -2.33. The lowest BCUT2D eigenvalue weighted by molar-refractivity contribution is 0.195. The van der Waals surface area contributed by atoms with Crippen LogP contribution in [0.2, 0.25) is 0 Å². The third-order valence-electron chi connectivity index (χ3n) is 3.97. The van der Waals surface area contributed by atoms with Gasteiger partial charge in [0, 0.05) is 19.8 Å². The molecule has 0 aliphatic carbocycles. The van der Waals surface area contributed by atoms with Crippen molar-refractivity contribution in [1.82, 2.24) is 9.88 Å². The molecule has 0 unspecified atom stereocenters. The maximum absolute atomic E-state index is 4.49. The van der Waals surface area contributed by atoms with E-state index in [1.807, 2.05) is 6.20 Å². The molecule has 1 saturated heterocycles. The number of nitrogens with zero attached hydrogens (tertiary/aromatic N) is 3. The van der Waals surface area contributed by atoms with Crippen LogP contribution in [0.15, 0.2) is 18.3 Å². The monoisotopic (exact) mass is 247 g/mol. The molecule has 0 atom stereocenters. The molecule has 2 rings (SSSR count). The van der Waals surface area contributed by atoms with Crippen LogP contribution in [0.3, 0.4) is 0 Å². The summed E-state index contributed by atoms with van der Waals surface area (Å²) in [4.78, 5) is 9.33. The van der Waals surface area contributed by atoms with Crippen molar-refractivity contribution in [3.63, 3.8) is 0 Å². The van der Waals surface area contributed by atoms with Crippen molar-refractivity contribution in [1.29, 1.82) is 0 Å². The van der Waals surface area contributed by atoms with Crippen molar-refractivity contribution in [3.05, 3.63) is 23.9 Å². The smallest absolute Gasteiger partial charge is 0.128 e. The van der Waals surface area contributed by atoms with E-state index in [0.717, 1.165) is 18.3 Å². The largest absolute Gasteiger partial charge is 0.359 e. The van der Waals surface area contributed by atoms with Gasteiger partial charge in [0.1, 0.15) is 5.82 Å². The van der Waals surface area contributed by atoms with Crippen LogP contribution in [0, 0.1) is 12.8 Å². The maximum Gasteiger partial charge on any atom is 0.128 e. The molecule has 0 aromatic carbocycles. The Kier molecular flexibility index (Phi) is 4.59. The first-order valence-corrected chi connectivity index (χ1v) is 7.05. The Morgan fingerprint density at radius 2 is 2.06 bits per heavy atom. The maximum atomic E-state index is 4.49. The molecule has 1 aromatic rings. The number of pyridine rings is 1. The number of piperidine rings is 1. The van der Waals surface area contributed by atoms with Crippen molar-refractivity contribution < 1.29 is 0 Å². The molecule has 2 heterocycles. The molecule has 0 bridgehead atoms. The Hall–Kier alpha value is -1.09. The number of likely N-dealkylation sites (tertiary alicyclic amines) is 1. The summed E-state index contributed by atoms with van der Waals surface area (Å²) in [5.74, 6) is 1.92. The molecule has 0 amide bonds. The molecule has 3 heteroatoms. The molecule has 1 aromatic heterocycles. The summed E-state index contributed by atoms with van der Waals surface area (Å²) in [5.41, 5.74) is 1.23. The number of anilines is 1. The fourth-order valence-corrected chi connectivity index (χ4v) is 2.65. The van der Waals surface area contributed by atoms with Gasteiger partial charge in [0.15, 0.2) is 0 Å². The SMILES string of the molecule is CCN1CCC(CN(C)c2ccc(C)cn2)CC1. The van der Waals surface area contributed by atoms with Crippen molar-refractivity contribution >= 4 is 5.82 Å². The van der Waals surface area contributed by atoms with Crippen LogP contribution in [0.25, 0.3) is 0 Å². The molecule has 3 nitrogen and oxygen atoms in total. The quantitative estimate of drug-likeness (QED) is 0.815. The first-order valence-electron chi connectivity index (χ1n) is 7.05. The van der Waals surface area contributed by atoms with Crippen LogP contribution >= 0.6 is 0 Å². The molecule has 18 heavy (non-hydrogen) atoms. The third kappa shape index (κ3) is 3.45. The van der Waals surface area contributed by atoms with E-state index in [0.29, 0.717) is 0 Å². The Bertz CT molecular complexity index is 353. The molecule has 0 N–H and O–H groups in total. The van der Waals surface area contributed by atoms with Gasteiger partial charge in [0.25, 0.3) is 0 Å². The number of aromatic nitrogens is 1. The Labute approximate surface area is 111 Å². The second-order valence-electron chi connectivity index (χ2n) is 5.45. The average molecular weight is 247 g/mol. The lowest BCUT2D eigenvalue weighted by Crippen LogP contribution is -2.37. The molecular formula is C15H25N3. The highest BCUT2D eigenvalue weighted by Crippen LogP contribution is 2.20. The third-order valence-corrected chi connectivity index (χ3v) is 3.97. The second-order valence-corrected chi connectivity index (χ2v) is 5.45. The van der Waals surface area contributed by atoms with Gasteiger partial charge in [0.05, 0.1) is 0 Å². The minimum Gasteiger partial charge on any atom is -0.359 e. The number of rotatable bonds is 4.